The van der Waals surface area contributed by atoms with E-state index < -0.39 is 11.8 Å². The van der Waals surface area contributed by atoms with Gasteiger partial charge in [-0.3, -0.25) is 4.79 Å². The molecule has 0 bridgehead atoms. The van der Waals surface area contributed by atoms with Crippen LogP contribution in [-0.2, 0) is 4.79 Å². The summed E-state index contributed by atoms with van der Waals surface area (Å²) in [5.74, 6) is -2.72. The SMILES string of the molecule is CC[C@H](N)C(=O)Nc1ccc(SC(F)F)cc1. The number of rotatable bonds is 5. The summed E-state index contributed by atoms with van der Waals surface area (Å²) in [6.45, 7) is 1.81. The van der Waals surface area contributed by atoms with Crippen LogP contribution in [0, 0.1) is 0 Å². The zero-order chi connectivity index (χ0) is 12.8. The van der Waals surface area contributed by atoms with Gasteiger partial charge < -0.3 is 11.1 Å². The molecule has 0 fully saturated rings. The highest BCUT2D eigenvalue weighted by atomic mass is 32.2. The molecule has 1 rings (SSSR count). The van der Waals surface area contributed by atoms with Gasteiger partial charge in [0.1, 0.15) is 0 Å². The number of hydrogen-bond donors (Lipinski definition) is 2. The quantitative estimate of drug-likeness (QED) is 0.800. The maximum absolute atomic E-state index is 12.1. The molecule has 0 unspecified atom stereocenters. The summed E-state index contributed by atoms with van der Waals surface area (Å²) in [7, 11) is 0. The lowest BCUT2D eigenvalue weighted by molar-refractivity contribution is -0.117. The van der Waals surface area contributed by atoms with Crippen molar-refractivity contribution in [3.8, 4) is 0 Å². The van der Waals surface area contributed by atoms with Crippen molar-refractivity contribution < 1.29 is 13.6 Å². The van der Waals surface area contributed by atoms with Crippen molar-refractivity contribution in [2.75, 3.05) is 5.32 Å². The molecule has 0 saturated carbocycles. The lowest BCUT2D eigenvalue weighted by Gasteiger charge is -2.10. The first-order valence-electron chi connectivity index (χ1n) is 5.14. The van der Waals surface area contributed by atoms with Crippen molar-refractivity contribution in [1.29, 1.82) is 0 Å². The highest BCUT2D eigenvalue weighted by molar-refractivity contribution is 7.99. The van der Waals surface area contributed by atoms with E-state index in [4.69, 9.17) is 5.73 Å². The van der Waals surface area contributed by atoms with Crippen LogP contribution in [-0.4, -0.2) is 17.7 Å². The van der Waals surface area contributed by atoms with Gasteiger partial charge in [-0.25, -0.2) is 0 Å². The van der Waals surface area contributed by atoms with Crippen LogP contribution in [0.3, 0.4) is 0 Å². The monoisotopic (exact) mass is 260 g/mol. The molecule has 3 nitrogen and oxygen atoms in total. The normalized spacial score (nSPS) is 12.5. The molecule has 17 heavy (non-hydrogen) atoms. The first-order valence-corrected chi connectivity index (χ1v) is 6.02. The van der Waals surface area contributed by atoms with Crippen LogP contribution in [0.2, 0.25) is 0 Å². The summed E-state index contributed by atoms with van der Waals surface area (Å²) < 4.78 is 24.1. The molecule has 1 atom stereocenters. The average Bonchev–Trinajstić information content (AvgIpc) is 2.30. The standard InChI is InChI=1S/C11H14F2N2OS/c1-2-9(14)10(16)15-7-3-5-8(6-4-7)17-11(12)13/h3-6,9,11H,2,14H2,1H3,(H,15,16)/t9-/m0/s1. The third-order valence-corrected chi connectivity index (χ3v) is 2.85. The van der Waals surface area contributed by atoms with E-state index in [1.807, 2.05) is 6.92 Å². The Bertz CT molecular complexity index is 370. The number of carbonyl (C=O) groups is 1. The van der Waals surface area contributed by atoms with Gasteiger partial charge in [0.05, 0.1) is 6.04 Å². The van der Waals surface area contributed by atoms with Gasteiger partial charge in [-0.1, -0.05) is 18.7 Å². The molecule has 94 valence electrons. The predicted octanol–water partition coefficient (Wildman–Crippen LogP) is 2.68. The molecule has 1 aromatic rings. The Morgan fingerprint density at radius 3 is 2.47 bits per heavy atom. The van der Waals surface area contributed by atoms with Crippen molar-refractivity contribution in [3.63, 3.8) is 0 Å². The number of thioether (sulfide) groups is 1. The van der Waals surface area contributed by atoms with E-state index in [1.165, 1.54) is 12.1 Å². The minimum absolute atomic E-state index is 0.276. The van der Waals surface area contributed by atoms with Gasteiger partial charge in [-0.05, 0) is 30.7 Å². The molecule has 6 heteroatoms. The van der Waals surface area contributed by atoms with Gasteiger partial charge >= 0.3 is 0 Å². The number of hydrogen-bond acceptors (Lipinski definition) is 3. The fourth-order valence-corrected chi connectivity index (χ4v) is 1.64. The third kappa shape index (κ3) is 4.70. The molecular formula is C11H14F2N2OS. The minimum Gasteiger partial charge on any atom is -0.325 e. The number of carbonyl (C=O) groups excluding carboxylic acids is 1. The largest absolute Gasteiger partial charge is 0.325 e. The predicted molar refractivity (Wildman–Crippen MR) is 65.2 cm³/mol. The smallest absolute Gasteiger partial charge is 0.288 e. The third-order valence-electron chi connectivity index (χ3n) is 2.12. The van der Waals surface area contributed by atoms with Crippen molar-refractivity contribution in [3.05, 3.63) is 24.3 Å². The second-order valence-corrected chi connectivity index (χ2v) is 4.47. The summed E-state index contributed by atoms with van der Waals surface area (Å²) in [6, 6.07) is 5.66. The fraction of sp³-hybridized carbons (Fsp3) is 0.364. The van der Waals surface area contributed by atoms with E-state index >= 15 is 0 Å². The Labute approximate surface area is 103 Å². The zero-order valence-corrected chi connectivity index (χ0v) is 10.1. The summed E-state index contributed by atoms with van der Waals surface area (Å²) in [4.78, 5) is 11.9. The molecule has 0 aliphatic heterocycles. The Kier molecular flexibility index (Phi) is 5.37. The summed E-state index contributed by atoms with van der Waals surface area (Å²) in [6.07, 6.45) is 0.547. The molecule has 1 amide bonds. The number of anilines is 1. The molecule has 1 aromatic carbocycles. The van der Waals surface area contributed by atoms with Crippen LogP contribution in [0.25, 0.3) is 0 Å². The summed E-state index contributed by atoms with van der Waals surface area (Å²) >= 11 is 0.466. The zero-order valence-electron chi connectivity index (χ0n) is 9.32. The molecule has 0 saturated heterocycles. The highest BCUT2D eigenvalue weighted by Crippen LogP contribution is 2.26. The number of nitrogens with one attached hydrogen (secondary N) is 1. The van der Waals surface area contributed by atoms with Gasteiger partial charge in [0.2, 0.25) is 5.91 Å². The maximum atomic E-state index is 12.1. The van der Waals surface area contributed by atoms with Gasteiger partial charge in [-0.15, -0.1) is 0 Å². The molecule has 0 heterocycles. The van der Waals surface area contributed by atoms with Crippen molar-refractivity contribution in [2.45, 2.75) is 30.0 Å². The van der Waals surface area contributed by atoms with Gasteiger partial charge in [-0.2, -0.15) is 8.78 Å². The molecule has 0 aromatic heterocycles. The van der Waals surface area contributed by atoms with E-state index in [9.17, 15) is 13.6 Å². The summed E-state index contributed by atoms with van der Waals surface area (Å²) in [5, 5.41) is 2.61. The second-order valence-electron chi connectivity index (χ2n) is 3.41. The molecule has 3 N–H and O–H groups in total. The topological polar surface area (TPSA) is 55.1 Å². The van der Waals surface area contributed by atoms with E-state index in [0.29, 0.717) is 28.8 Å². The van der Waals surface area contributed by atoms with Crippen molar-refractivity contribution >= 4 is 23.4 Å². The highest BCUT2D eigenvalue weighted by Gasteiger charge is 2.11. The van der Waals surface area contributed by atoms with Crippen LogP contribution in [0.15, 0.2) is 29.2 Å². The molecular weight excluding hydrogens is 246 g/mol. The Balaban J connectivity index is 2.59. The van der Waals surface area contributed by atoms with Crippen LogP contribution in [0.1, 0.15) is 13.3 Å². The van der Waals surface area contributed by atoms with Gasteiger partial charge in [0.15, 0.2) is 0 Å². The van der Waals surface area contributed by atoms with Crippen LogP contribution in [0.5, 0.6) is 0 Å². The second kappa shape index (κ2) is 6.56. The Morgan fingerprint density at radius 1 is 1.41 bits per heavy atom. The van der Waals surface area contributed by atoms with Gasteiger partial charge in [0.25, 0.3) is 5.76 Å². The fourth-order valence-electron chi connectivity index (χ4n) is 1.14. The van der Waals surface area contributed by atoms with Crippen molar-refractivity contribution in [1.82, 2.24) is 0 Å². The number of amides is 1. The van der Waals surface area contributed by atoms with Crippen LogP contribution < -0.4 is 11.1 Å². The van der Waals surface area contributed by atoms with Gasteiger partial charge in [0, 0.05) is 10.6 Å². The number of benzene rings is 1. The molecule has 0 aliphatic carbocycles. The Hall–Kier alpha value is -1.14. The Morgan fingerprint density at radius 2 is 2.00 bits per heavy atom. The van der Waals surface area contributed by atoms with E-state index in [0.717, 1.165) is 0 Å². The first-order chi connectivity index (χ1) is 8.02. The summed E-state index contributed by atoms with van der Waals surface area (Å²) in [5.41, 5.74) is 6.10. The van der Waals surface area contributed by atoms with Crippen molar-refractivity contribution in [2.24, 2.45) is 5.73 Å². The molecule has 0 aliphatic rings. The number of halogens is 2. The number of alkyl halides is 2. The number of nitrogens with two attached hydrogens (primary N) is 1. The van der Waals surface area contributed by atoms with E-state index in [1.54, 1.807) is 12.1 Å². The van der Waals surface area contributed by atoms with Crippen LogP contribution in [0.4, 0.5) is 14.5 Å². The van der Waals surface area contributed by atoms with Crippen LogP contribution >= 0.6 is 11.8 Å². The lowest BCUT2D eigenvalue weighted by atomic mass is 10.2. The van der Waals surface area contributed by atoms with E-state index in [-0.39, 0.29) is 5.91 Å². The first kappa shape index (κ1) is 13.9. The lowest BCUT2D eigenvalue weighted by Crippen LogP contribution is -2.34. The average molecular weight is 260 g/mol. The maximum Gasteiger partial charge on any atom is 0.288 e. The molecule has 0 spiro atoms. The molecule has 0 radical (unpaired) electrons. The minimum atomic E-state index is -2.44. The van der Waals surface area contributed by atoms with E-state index in [2.05, 4.69) is 5.32 Å².